The summed E-state index contributed by atoms with van der Waals surface area (Å²) in [4.78, 5) is 26.7. The molecule has 0 radical (unpaired) electrons. The molecule has 2 aromatic rings. The number of amides is 1. The van der Waals surface area contributed by atoms with Gasteiger partial charge in [0.15, 0.2) is 0 Å². The number of benzene rings is 2. The molecule has 28 heavy (non-hydrogen) atoms. The van der Waals surface area contributed by atoms with E-state index in [1.54, 1.807) is 36.4 Å². The highest BCUT2D eigenvalue weighted by Gasteiger charge is 2.45. The van der Waals surface area contributed by atoms with Gasteiger partial charge in [-0.25, -0.2) is 0 Å². The Kier molecular flexibility index (Phi) is 5.65. The van der Waals surface area contributed by atoms with Crippen molar-refractivity contribution in [3.8, 4) is 11.5 Å². The maximum Gasteiger partial charge on any atom is 0.295 e. The fourth-order valence-corrected chi connectivity index (χ4v) is 3.21. The summed E-state index contributed by atoms with van der Waals surface area (Å²) in [5, 5.41) is 20.4. The summed E-state index contributed by atoms with van der Waals surface area (Å²) in [6.07, 6.45) is 0. The number of hydrogen-bond acceptors (Lipinski definition) is 6. The van der Waals surface area contributed by atoms with Gasteiger partial charge in [-0.2, -0.15) is 0 Å². The number of likely N-dealkylation sites (tertiary alicyclic amines) is 1. The molecule has 0 aliphatic carbocycles. The maximum atomic E-state index is 12.7. The van der Waals surface area contributed by atoms with Crippen molar-refractivity contribution in [3.05, 3.63) is 65.2 Å². The van der Waals surface area contributed by atoms with Crippen molar-refractivity contribution >= 4 is 17.4 Å². The number of aliphatic hydroxyl groups excluding tert-OH is 1. The minimum atomic E-state index is -0.780. The first kappa shape index (κ1) is 19.4. The normalized spacial score (nSPS) is 18.5. The second-order valence-corrected chi connectivity index (χ2v) is 6.31. The van der Waals surface area contributed by atoms with Crippen LogP contribution in [0.15, 0.2) is 54.1 Å². The van der Waals surface area contributed by atoms with Crippen LogP contribution >= 0.6 is 0 Å². The highest BCUT2D eigenvalue weighted by atomic mass is 16.5. The van der Waals surface area contributed by atoms with E-state index in [-0.39, 0.29) is 30.2 Å². The third-order valence-electron chi connectivity index (χ3n) is 4.65. The van der Waals surface area contributed by atoms with E-state index in [0.29, 0.717) is 16.9 Å². The standard InChI is InChI=1S/C21H21NO6/c1-27-12-11-22-18(13-3-7-15(23)8-4-13)17(20(25)21(22)26)19(24)14-5-9-16(28-2)10-6-14/h3-10,18,23-24H,11-12H2,1-2H3/t18-/m0/s1. The third-order valence-corrected chi connectivity index (χ3v) is 4.65. The van der Waals surface area contributed by atoms with E-state index in [4.69, 9.17) is 9.47 Å². The molecule has 146 valence electrons. The zero-order valence-corrected chi connectivity index (χ0v) is 15.6. The van der Waals surface area contributed by atoms with E-state index in [1.807, 2.05) is 0 Å². The second-order valence-electron chi connectivity index (χ2n) is 6.31. The molecule has 0 aromatic heterocycles. The molecule has 7 nitrogen and oxygen atoms in total. The number of carbonyl (C=O) groups excluding carboxylic acids is 2. The van der Waals surface area contributed by atoms with Crippen LogP contribution < -0.4 is 4.74 Å². The lowest BCUT2D eigenvalue weighted by Crippen LogP contribution is -2.32. The summed E-state index contributed by atoms with van der Waals surface area (Å²) in [6, 6.07) is 11.9. The Labute approximate surface area is 162 Å². The molecule has 0 bridgehead atoms. The summed E-state index contributed by atoms with van der Waals surface area (Å²) in [5.74, 6) is -1.06. The Balaban J connectivity index is 2.12. The highest BCUT2D eigenvalue weighted by molar-refractivity contribution is 6.46. The number of methoxy groups -OCH3 is 2. The summed E-state index contributed by atoms with van der Waals surface area (Å²) in [6.45, 7) is 0.427. The van der Waals surface area contributed by atoms with Crippen LogP contribution in [0.3, 0.4) is 0 Å². The van der Waals surface area contributed by atoms with E-state index in [9.17, 15) is 19.8 Å². The molecule has 0 saturated carbocycles. The van der Waals surface area contributed by atoms with Crippen molar-refractivity contribution in [2.75, 3.05) is 27.4 Å². The van der Waals surface area contributed by atoms with Crippen LogP contribution in [-0.4, -0.2) is 54.2 Å². The fourth-order valence-electron chi connectivity index (χ4n) is 3.21. The van der Waals surface area contributed by atoms with Gasteiger partial charge in [-0.15, -0.1) is 0 Å². The lowest BCUT2D eigenvalue weighted by molar-refractivity contribution is -0.140. The molecule has 0 unspecified atom stereocenters. The first-order chi connectivity index (χ1) is 13.5. The molecular formula is C21H21NO6. The molecule has 0 spiro atoms. The lowest BCUT2D eigenvalue weighted by Gasteiger charge is -2.25. The Morgan fingerprint density at radius 3 is 2.25 bits per heavy atom. The van der Waals surface area contributed by atoms with E-state index >= 15 is 0 Å². The molecule has 1 heterocycles. The topological polar surface area (TPSA) is 96.3 Å². The van der Waals surface area contributed by atoms with Gasteiger partial charge in [0.25, 0.3) is 11.7 Å². The predicted octanol–water partition coefficient (Wildman–Crippen LogP) is 2.47. The molecule has 1 amide bonds. The Hall–Kier alpha value is -3.32. The number of phenols is 1. The van der Waals surface area contributed by atoms with Gasteiger partial charge in [-0.05, 0) is 42.0 Å². The van der Waals surface area contributed by atoms with Gasteiger partial charge >= 0.3 is 0 Å². The number of Topliss-reactive ketones (excluding diaryl/α,β-unsaturated/α-hetero) is 1. The quantitative estimate of drug-likeness (QED) is 0.452. The zero-order valence-electron chi connectivity index (χ0n) is 15.6. The van der Waals surface area contributed by atoms with Crippen LogP contribution in [0, 0.1) is 0 Å². The molecule has 3 rings (SSSR count). The minimum Gasteiger partial charge on any atom is -0.508 e. The second kappa shape index (κ2) is 8.14. The Bertz CT molecular complexity index is 901. The van der Waals surface area contributed by atoms with Gasteiger partial charge in [0.05, 0.1) is 25.3 Å². The molecule has 1 aliphatic heterocycles. The number of aromatic hydroxyl groups is 1. The van der Waals surface area contributed by atoms with Gasteiger partial charge < -0.3 is 24.6 Å². The lowest BCUT2D eigenvalue weighted by atomic mass is 9.95. The molecule has 1 saturated heterocycles. The van der Waals surface area contributed by atoms with Crippen LogP contribution in [0.25, 0.3) is 5.76 Å². The van der Waals surface area contributed by atoms with Crippen molar-refractivity contribution in [2.45, 2.75) is 6.04 Å². The van der Waals surface area contributed by atoms with Crippen molar-refractivity contribution < 1.29 is 29.3 Å². The maximum absolute atomic E-state index is 12.7. The van der Waals surface area contributed by atoms with Gasteiger partial charge in [0, 0.05) is 19.2 Å². The molecule has 2 N–H and O–H groups in total. The summed E-state index contributed by atoms with van der Waals surface area (Å²) in [5.41, 5.74) is 0.995. The molecule has 7 heteroatoms. The number of aliphatic hydroxyl groups is 1. The third kappa shape index (κ3) is 3.57. The van der Waals surface area contributed by atoms with Crippen molar-refractivity contribution in [1.29, 1.82) is 0 Å². The Morgan fingerprint density at radius 1 is 1.04 bits per heavy atom. The van der Waals surface area contributed by atoms with Crippen molar-refractivity contribution in [3.63, 3.8) is 0 Å². The molecule has 1 atom stereocenters. The van der Waals surface area contributed by atoms with Crippen molar-refractivity contribution in [1.82, 2.24) is 4.90 Å². The number of ether oxygens (including phenoxy) is 2. The first-order valence-corrected chi connectivity index (χ1v) is 8.68. The number of rotatable bonds is 6. The minimum absolute atomic E-state index is 0.00282. The number of carbonyl (C=O) groups is 2. The van der Waals surface area contributed by atoms with Crippen LogP contribution in [-0.2, 0) is 14.3 Å². The average Bonchev–Trinajstić information content (AvgIpc) is 2.97. The van der Waals surface area contributed by atoms with Crippen LogP contribution in [0.5, 0.6) is 11.5 Å². The van der Waals surface area contributed by atoms with Gasteiger partial charge in [0.1, 0.15) is 17.3 Å². The van der Waals surface area contributed by atoms with Gasteiger partial charge in [-0.3, -0.25) is 9.59 Å². The van der Waals surface area contributed by atoms with Gasteiger partial charge in [0.2, 0.25) is 0 Å². The zero-order chi connectivity index (χ0) is 20.3. The smallest absolute Gasteiger partial charge is 0.295 e. The van der Waals surface area contributed by atoms with Gasteiger partial charge in [-0.1, -0.05) is 12.1 Å². The predicted molar refractivity (Wildman–Crippen MR) is 102 cm³/mol. The van der Waals surface area contributed by atoms with Crippen LogP contribution in [0.4, 0.5) is 0 Å². The summed E-state index contributed by atoms with van der Waals surface area (Å²) < 4.78 is 10.2. The summed E-state index contributed by atoms with van der Waals surface area (Å²) in [7, 11) is 3.03. The SMILES string of the molecule is COCCN1C(=O)C(=O)C(=C(O)c2ccc(OC)cc2)[C@@H]1c1ccc(O)cc1. The fraction of sp³-hybridized carbons (Fsp3) is 0.238. The van der Waals surface area contributed by atoms with E-state index < -0.39 is 17.7 Å². The Morgan fingerprint density at radius 2 is 1.68 bits per heavy atom. The highest BCUT2D eigenvalue weighted by Crippen LogP contribution is 2.39. The monoisotopic (exact) mass is 383 g/mol. The van der Waals surface area contributed by atoms with Crippen molar-refractivity contribution in [2.24, 2.45) is 0 Å². The number of nitrogens with zero attached hydrogens (tertiary/aromatic N) is 1. The summed E-state index contributed by atoms with van der Waals surface area (Å²) >= 11 is 0. The molecule has 1 fully saturated rings. The largest absolute Gasteiger partial charge is 0.508 e. The number of hydrogen-bond donors (Lipinski definition) is 2. The first-order valence-electron chi connectivity index (χ1n) is 8.68. The molecular weight excluding hydrogens is 362 g/mol. The van der Waals surface area contributed by atoms with Crippen LogP contribution in [0.1, 0.15) is 17.2 Å². The van der Waals surface area contributed by atoms with E-state index in [2.05, 4.69) is 0 Å². The van der Waals surface area contributed by atoms with Crippen LogP contribution in [0.2, 0.25) is 0 Å². The molecule has 2 aromatic carbocycles. The van der Waals surface area contributed by atoms with E-state index in [0.717, 1.165) is 0 Å². The average molecular weight is 383 g/mol. The number of ketones is 1. The molecule has 1 aliphatic rings. The van der Waals surface area contributed by atoms with E-state index in [1.165, 1.54) is 31.3 Å². The number of phenolic OH excluding ortho intramolecular Hbond substituents is 1.